The number of hydrogen-bond acceptors (Lipinski definition) is 5. The molecule has 21 heavy (non-hydrogen) atoms. The van der Waals surface area contributed by atoms with Gasteiger partial charge < -0.3 is 5.11 Å². The molecule has 0 radical (unpaired) electrons. The van der Waals surface area contributed by atoms with Crippen molar-refractivity contribution < 1.29 is 9.90 Å². The molecule has 112 valence electrons. The predicted octanol–water partition coefficient (Wildman–Crippen LogP) is 4.27. The highest BCUT2D eigenvalue weighted by Crippen LogP contribution is 2.29. The largest absolute Gasteiger partial charge is 0.481 e. The molecule has 1 aromatic carbocycles. The van der Waals surface area contributed by atoms with Crippen LogP contribution in [0.4, 0.5) is 0 Å². The Morgan fingerprint density at radius 1 is 1.19 bits per heavy atom. The van der Waals surface area contributed by atoms with Gasteiger partial charge in [-0.3, -0.25) is 4.79 Å². The number of carboxylic acids is 1. The van der Waals surface area contributed by atoms with Crippen molar-refractivity contribution in [3.63, 3.8) is 0 Å². The molecule has 3 nitrogen and oxygen atoms in total. The van der Waals surface area contributed by atoms with Crippen LogP contribution < -0.4 is 0 Å². The Labute approximate surface area is 137 Å². The Morgan fingerprint density at radius 3 is 2.52 bits per heavy atom. The van der Waals surface area contributed by atoms with Crippen LogP contribution in [0.2, 0.25) is 0 Å². The Bertz CT molecular complexity index is 608. The average Bonchev–Trinajstić information content (AvgIpc) is 2.76. The Kier molecular flexibility index (Phi) is 6.14. The van der Waals surface area contributed by atoms with Gasteiger partial charge in [-0.05, 0) is 26.0 Å². The molecule has 1 N–H and O–H groups in total. The highest BCUT2D eigenvalue weighted by molar-refractivity contribution is 8.03. The van der Waals surface area contributed by atoms with Gasteiger partial charge in [0.1, 0.15) is 4.34 Å². The summed E-state index contributed by atoms with van der Waals surface area (Å²) in [6, 6.07) is 8.53. The van der Waals surface area contributed by atoms with E-state index in [2.05, 4.69) is 36.2 Å². The molecular formula is C15H17NO2S3. The van der Waals surface area contributed by atoms with E-state index in [0.717, 1.165) is 26.4 Å². The van der Waals surface area contributed by atoms with Gasteiger partial charge in [-0.2, -0.15) is 0 Å². The van der Waals surface area contributed by atoms with Gasteiger partial charge >= 0.3 is 5.97 Å². The third-order valence-electron chi connectivity index (χ3n) is 2.78. The summed E-state index contributed by atoms with van der Waals surface area (Å²) in [4.78, 5) is 17.3. The molecule has 0 fully saturated rings. The first-order chi connectivity index (χ1) is 10.0. The molecule has 0 atom stereocenters. The molecule has 2 rings (SSSR count). The van der Waals surface area contributed by atoms with Crippen molar-refractivity contribution in [3.05, 3.63) is 40.4 Å². The number of carbonyl (C=O) groups is 1. The first-order valence-corrected chi connectivity index (χ1v) is 9.33. The van der Waals surface area contributed by atoms with E-state index in [-0.39, 0.29) is 6.42 Å². The molecule has 0 saturated carbocycles. The van der Waals surface area contributed by atoms with Gasteiger partial charge in [0.05, 0.1) is 12.1 Å². The van der Waals surface area contributed by atoms with Gasteiger partial charge in [-0.1, -0.05) is 29.5 Å². The SMILES string of the molecule is Cc1ccc(SCCSc2nc(C)c(CC(=O)O)s2)cc1. The van der Waals surface area contributed by atoms with Crippen molar-refractivity contribution in [2.75, 3.05) is 11.5 Å². The van der Waals surface area contributed by atoms with Gasteiger partial charge in [-0.15, -0.1) is 23.1 Å². The fourth-order valence-corrected chi connectivity index (χ4v) is 4.86. The minimum absolute atomic E-state index is 0.0716. The maximum absolute atomic E-state index is 10.7. The lowest BCUT2D eigenvalue weighted by molar-refractivity contribution is -0.136. The van der Waals surface area contributed by atoms with Crippen LogP contribution in [-0.4, -0.2) is 27.6 Å². The van der Waals surface area contributed by atoms with Crippen LogP contribution >= 0.6 is 34.9 Å². The number of aliphatic carboxylic acids is 1. The fourth-order valence-electron chi connectivity index (χ4n) is 1.69. The van der Waals surface area contributed by atoms with Crippen molar-refractivity contribution in [2.24, 2.45) is 0 Å². The molecule has 0 aliphatic carbocycles. The van der Waals surface area contributed by atoms with E-state index in [4.69, 9.17) is 5.11 Å². The van der Waals surface area contributed by atoms with Gasteiger partial charge in [0.25, 0.3) is 0 Å². The maximum atomic E-state index is 10.7. The van der Waals surface area contributed by atoms with Crippen molar-refractivity contribution in [2.45, 2.75) is 29.5 Å². The van der Waals surface area contributed by atoms with Crippen molar-refractivity contribution in [1.82, 2.24) is 4.98 Å². The second kappa shape index (κ2) is 7.87. The standard InChI is InChI=1S/C15H17NO2S3/c1-10-3-5-12(6-4-10)19-7-8-20-15-16-11(2)13(21-15)9-14(17)18/h3-6H,7-9H2,1-2H3,(H,17,18). The van der Waals surface area contributed by atoms with E-state index < -0.39 is 5.97 Å². The van der Waals surface area contributed by atoms with Crippen LogP contribution in [0.15, 0.2) is 33.5 Å². The quantitative estimate of drug-likeness (QED) is 0.603. The summed E-state index contributed by atoms with van der Waals surface area (Å²) in [5, 5.41) is 8.83. The molecule has 2 aromatic rings. The van der Waals surface area contributed by atoms with E-state index in [0.29, 0.717) is 0 Å². The number of aryl methyl sites for hydroxylation is 2. The number of aromatic nitrogens is 1. The summed E-state index contributed by atoms with van der Waals surface area (Å²) in [6.07, 6.45) is 0.0716. The summed E-state index contributed by atoms with van der Waals surface area (Å²) in [5.41, 5.74) is 2.12. The fraction of sp³-hybridized carbons (Fsp3) is 0.333. The van der Waals surface area contributed by atoms with Crippen LogP contribution in [0.5, 0.6) is 0 Å². The minimum atomic E-state index is -0.798. The third kappa shape index (κ3) is 5.37. The number of hydrogen-bond donors (Lipinski definition) is 1. The van der Waals surface area contributed by atoms with Crippen molar-refractivity contribution >= 4 is 40.8 Å². The van der Waals surface area contributed by atoms with Crippen LogP contribution in [0.25, 0.3) is 0 Å². The summed E-state index contributed by atoms with van der Waals surface area (Å²) < 4.78 is 0.966. The Balaban J connectivity index is 1.78. The summed E-state index contributed by atoms with van der Waals surface area (Å²) in [6.45, 7) is 3.96. The summed E-state index contributed by atoms with van der Waals surface area (Å²) in [7, 11) is 0. The van der Waals surface area contributed by atoms with Gasteiger partial charge in [0.15, 0.2) is 0 Å². The predicted molar refractivity (Wildman–Crippen MR) is 90.8 cm³/mol. The molecule has 0 unspecified atom stereocenters. The lowest BCUT2D eigenvalue weighted by atomic mass is 10.2. The minimum Gasteiger partial charge on any atom is -0.481 e. The second-order valence-corrected chi connectivity index (χ2v) is 8.16. The zero-order valence-electron chi connectivity index (χ0n) is 12.0. The molecule has 0 aliphatic rings. The first-order valence-electron chi connectivity index (χ1n) is 6.55. The Hall–Kier alpha value is -0.980. The zero-order chi connectivity index (χ0) is 15.2. The highest BCUT2D eigenvalue weighted by Gasteiger charge is 2.11. The molecular weight excluding hydrogens is 322 g/mol. The molecule has 0 saturated heterocycles. The number of rotatable bonds is 7. The maximum Gasteiger partial charge on any atom is 0.308 e. The number of thiazole rings is 1. The van der Waals surface area contributed by atoms with E-state index in [9.17, 15) is 4.79 Å². The lowest BCUT2D eigenvalue weighted by Gasteiger charge is -2.01. The molecule has 0 amide bonds. The monoisotopic (exact) mass is 339 g/mol. The van der Waals surface area contributed by atoms with Crippen LogP contribution in [0, 0.1) is 13.8 Å². The second-order valence-electron chi connectivity index (χ2n) is 4.57. The molecule has 6 heteroatoms. The van der Waals surface area contributed by atoms with Crippen molar-refractivity contribution in [3.8, 4) is 0 Å². The third-order valence-corrected chi connectivity index (χ3v) is 6.36. The molecule has 1 aromatic heterocycles. The first kappa shape index (κ1) is 16.4. The van der Waals surface area contributed by atoms with Gasteiger partial charge in [0.2, 0.25) is 0 Å². The molecule has 0 bridgehead atoms. The number of nitrogens with zero attached hydrogens (tertiary/aromatic N) is 1. The number of thioether (sulfide) groups is 2. The van der Waals surface area contributed by atoms with E-state index in [1.165, 1.54) is 21.8 Å². The van der Waals surface area contributed by atoms with Crippen LogP contribution in [-0.2, 0) is 11.2 Å². The smallest absolute Gasteiger partial charge is 0.308 e. The van der Waals surface area contributed by atoms with Gasteiger partial charge in [-0.25, -0.2) is 4.98 Å². The highest BCUT2D eigenvalue weighted by atomic mass is 32.2. The van der Waals surface area contributed by atoms with Crippen LogP contribution in [0.1, 0.15) is 16.1 Å². The number of benzene rings is 1. The van der Waals surface area contributed by atoms with E-state index >= 15 is 0 Å². The normalized spacial score (nSPS) is 10.8. The van der Waals surface area contributed by atoms with E-state index in [1.807, 2.05) is 18.7 Å². The van der Waals surface area contributed by atoms with Crippen LogP contribution in [0.3, 0.4) is 0 Å². The molecule has 0 aliphatic heterocycles. The molecule has 1 heterocycles. The van der Waals surface area contributed by atoms with Gasteiger partial charge in [0, 0.05) is 21.3 Å². The Morgan fingerprint density at radius 2 is 1.86 bits per heavy atom. The van der Waals surface area contributed by atoms with E-state index in [1.54, 1.807) is 11.8 Å². The summed E-state index contributed by atoms with van der Waals surface area (Å²) in [5.74, 6) is 1.19. The lowest BCUT2D eigenvalue weighted by Crippen LogP contribution is -1.99. The summed E-state index contributed by atoms with van der Waals surface area (Å²) >= 11 is 5.03. The number of carboxylic acid groups (broad SMARTS) is 1. The topological polar surface area (TPSA) is 50.2 Å². The zero-order valence-corrected chi connectivity index (χ0v) is 14.4. The van der Waals surface area contributed by atoms with Crippen molar-refractivity contribution in [1.29, 1.82) is 0 Å². The molecule has 0 spiro atoms. The average molecular weight is 340 g/mol.